The lowest BCUT2D eigenvalue weighted by atomic mass is 9.95. The van der Waals surface area contributed by atoms with E-state index >= 15 is 0 Å². The number of anilines is 2. The fourth-order valence-electron chi connectivity index (χ4n) is 5.74. The number of carbonyl (C=O) groups is 1. The molecule has 0 saturated carbocycles. The quantitative estimate of drug-likeness (QED) is 0.343. The molecule has 1 amide bonds. The number of aromatic nitrogens is 4. The molecule has 0 bridgehead atoms. The van der Waals surface area contributed by atoms with E-state index in [1.54, 1.807) is 0 Å². The minimum Gasteiger partial charge on any atom is -0.371 e. The van der Waals surface area contributed by atoms with Gasteiger partial charge in [-0.05, 0) is 69.1 Å². The summed E-state index contributed by atoms with van der Waals surface area (Å²) in [7, 11) is 0. The van der Waals surface area contributed by atoms with E-state index in [9.17, 15) is 4.79 Å². The number of piperidine rings is 2. The van der Waals surface area contributed by atoms with Gasteiger partial charge in [-0.2, -0.15) is 5.10 Å². The maximum atomic E-state index is 12.7. The van der Waals surface area contributed by atoms with Crippen molar-refractivity contribution in [2.75, 3.05) is 36.4 Å². The van der Waals surface area contributed by atoms with Crippen LogP contribution in [0.2, 0.25) is 0 Å². The summed E-state index contributed by atoms with van der Waals surface area (Å²) in [6.07, 6.45) is 6.56. The van der Waals surface area contributed by atoms with Gasteiger partial charge in [-0.15, -0.1) is 0 Å². The van der Waals surface area contributed by atoms with E-state index in [-0.39, 0.29) is 5.91 Å². The van der Waals surface area contributed by atoms with E-state index in [0.29, 0.717) is 11.5 Å². The molecule has 0 aliphatic carbocycles. The van der Waals surface area contributed by atoms with Crippen LogP contribution in [0, 0.1) is 5.41 Å². The molecule has 0 unspecified atom stereocenters. The zero-order valence-electron chi connectivity index (χ0n) is 22.1. The highest BCUT2D eigenvalue weighted by atomic mass is 16.2. The lowest BCUT2D eigenvalue weighted by Crippen LogP contribution is -2.46. The number of fused-ring (bicyclic) bond motifs is 2. The summed E-state index contributed by atoms with van der Waals surface area (Å²) in [6.45, 7) is 10.5. The van der Waals surface area contributed by atoms with Crippen LogP contribution in [0.4, 0.5) is 11.4 Å². The summed E-state index contributed by atoms with van der Waals surface area (Å²) >= 11 is 0. The van der Waals surface area contributed by atoms with Crippen molar-refractivity contribution in [1.82, 2.24) is 25.1 Å². The smallest absolute Gasteiger partial charge is 0.229 e. The SMILES string of the molecule is CC(C)(C)C(=O)Nc1cccc2[nH]nc(-c3nc4ccc(N5CCC(N6CCCCC6)CC5)cc4[nH]3)c12. The van der Waals surface area contributed by atoms with E-state index in [2.05, 4.69) is 48.5 Å². The van der Waals surface area contributed by atoms with Gasteiger partial charge >= 0.3 is 0 Å². The van der Waals surface area contributed by atoms with Crippen LogP contribution < -0.4 is 10.2 Å². The fraction of sp³-hybridized carbons (Fsp3) is 0.483. The van der Waals surface area contributed by atoms with Crippen LogP contribution in [-0.2, 0) is 4.79 Å². The summed E-state index contributed by atoms with van der Waals surface area (Å²) in [4.78, 5) is 26.3. The molecule has 2 aliphatic rings. The molecule has 2 aromatic heterocycles. The first kappa shape index (κ1) is 24.0. The average Bonchev–Trinajstić information content (AvgIpc) is 3.53. The van der Waals surface area contributed by atoms with Gasteiger partial charge in [-0.3, -0.25) is 9.89 Å². The Morgan fingerprint density at radius 1 is 1.00 bits per heavy atom. The number of amides is 1. The van der Waals surface area contributed by atoms with Crippen LogP contribution in [0.3, 0.4) is 0 Å². The van der Waals surface area contributed by atoms with Crippen LogP contribution in [0.15, 0.2) is 36.4 Å². The molecule has 0 atom stereocenters. The summed E-state index contributed by atoms with van der Waals surface area (Å²) in [6, 6.07) is 13.0. The third-order valence-corrected chi connectivity index (χ3v) is 7.95. The first-order valence-corrected chi connectivity index (χ1v) is 13.6. The Labute approximate surface area is 217 Å². The van der Waals surface area contributed by atoms with Crippen molar-refractivity contribution in [2.24, 2.45) is 5.41 Å². The Kier molecular flexibility index (Phi) is 6.15. The highest BCUT2D eigenvalue weighted by Crippen LogP contribution is 2.34. The first-order valence-electron chi connectivity index (χ1n) is 13.6. The number of likely N-dealkylation sites (tertiary alicyclic amines) is 1. The number of benzene rings is 2. The number of aromatic amines is 2. The highest BCUT2D eigenvalue weighted by molar-refractivity contribution is 6.07. The topological polar surface area (TPSA) is 92.9 Å². The number of hydrogen-bond acceptors (Lipinski definition) is 5. The van der Waals surface area contributed by atoms with Crippen LogP contribution >= 0.6 is 0 Å². The molecule has 6 rings (SSSR count). The number of H-pyrrole nitrogens is 2. The zero-order chi connectivity index (χ0) is 25.6. The molecule has 0 radical (unpaired) electrons. The second kappa shape index (κ2) is 9.49. The summed E-state index contributed by atoms with van der Waals surface area (Å²) in [5, 5.41) is 11.6. The summed E-state index contributed by atoms with van der Waals surface area (Å²) < 4.78 is 0. The van der Waals surface area contributed by atoms with Crippen LogP contribution in [0.1, 0.15) is 52.9 Å². The Morgan fingerprint density at radius 2 is 1.78 bits per heavy atom. The highest BCUT2D eigenvalue weighted by Gasteiger charge is 2.26. The summed E-state index contributed by atoms with van der Waals surface area (Å²) in [5.41, 5.74) is 4.96. The molecule has 4 aromatic rings. The van der Waals surface area contributed by atoms with E-state index in [4.69, 9.17) is 4.98 Å². The number of imidazole rings is 1. The lowest BCUT2D eigenvalue weighted by molar-refractivity contribution is -0.123. The molecule has 4 heterocycles. The fourth-order valence-corrected chi connectivity index (χ4v) is 5.74. The van der Waals surface area contributed by atoms with Crippen LogP contribution in [0.25, 0.3) is 33.5 Å². The maximum Gasteiger partial charge on any atom is 0.229 e. The van der Waals surface area contributed by atoms with Gasteiger partial charge in [0.1, 0.15) is 5.69 Å². The molecule has 194 valence electrons. The number of hydrogen-bond donors (Lipinski definition) is 3. The molecule has 8 heteroatoms. The number of nitrogens with one attached hydrogen (secondary N) is 3. The van der Waals surface area contributed by atoms with Gasteiger partial charge in [-0.1, -0.05) is 33.3 Å². The van der Waals surface area contributed by atoms with Crippen molar-refractivity contribution in [2.45, 2.75) is 58.9 Å². The number of rotatable bonds is 4. The van der Waals surface area contributed by atoms with Gasteiger partial charge in [-0.25, -0.2) is 4.98 Å². The van der Waals surface area contributed by atoms with Crippen molar-refractivity contribution >= 4 is 39.2 Å². The molecular weight excluding hydrogens is 462 g/mol. The molecule has 37 heavy (non-hydrogen) atoms. The van der Waals surface area contributed by atoms with Crippen LogP contribution in [0.5, 0.6) is 0 Å². The van der Waals surface area contributed by atoms with E-state index in [1.165, 1.54) is 50.9 Å². The van der Waals surface area contributed by atoms with Gasteiger partial charge in [0.15, 0.2) is 5.82 Å². The maximum absolute atomic E-state index is 12.7. The van der Waals surface area contributed by atoms with Gasteiger partial charge in [0.05, 0.1) is 27.6 Å². The molecule has 3 N–H and O–H groups in total. The monoisotopic (exact) mass is 499 g/mol. The van der Waals surface area contributed by atoms with Crippen molar-refractivity contribution in [3.8, 4) is 11.5 Å². The Bertz CT molecular complexity index is 1420. The first-order chi connectivity index (χ1) is 17.9. The van der Waals surface area contributed by atoms with Crippen molar-refractivity contribution in [1.29, 1.82) is 0 Å². The zero-order valence-corrected chi connectivity index (χ0v) is 22.1. The van der Waals surface area contributed by atoms with Crippen molar-refractivity contribution in [3.63, 3.8) is 0 Å². The lowest BCUT2D eigenvalue weighted by Gasteiger charge is -2.41. The largest absolute Gasteiger partial charge is 0.371 e. The van der Waals surface area contributed by atoms with E-state index < -0.39 is 5.41 Å². The second-order valence-electron chi connectivity index (χ2n) is 11.6. The molecular formula is C29H37N7O. The molecule has 2 fully saturated rings. The Balaban J connectivity index is 1.25. The number of carbonyl (C=O) groups excluding carboxylic acids is 1. The standard InChI is InChI=1S/C29H37N7O/c1-29(2,3)28(37)32-22-8-7-9-23-25(22)26(34-33-23)27-30-21-11-10-20(18-24(21)31-27)36-16-12-19(13-17-36)35-14-5-4-6-15-35/h7-11,18-19H,4-6,12-17H2,1-3H3,(H,30,31)(H,32,37)(H,33,34). The normalized spacial score (nSPS) is 18.1. The van der Waals surface area contributed by atoms with Gasteiger partial charge in [0.25, 0.3) is 0 Å². The van der Waals surface area contributed by atoms with Gasteiger partial charge in [0, 0.05) is 30.2 Å². The molecule has 8 nitrogen and oxygen atoms in total. The molecule has 2 saturated heterocycles. The molecule has 0 spiro atoms. The average molecular weight is 500 g/mol. The Morgan fingerprint density at radius 3 is 2.54 bits per heavy atom. The Hall–Kier alpha value is -3.39. The van der Waals surface area contributed by atoms with Crippen LogP contribution in [-0.4, -0.2) is 63.2 Å². The van der Waals surface area contributed by atoms with E-state index in [1.807, 2.05) is 39.0 Å². The predicted octanol–water partition coefficient (Wildman–Crippen LogP) is 5.55. The predicted molar refractivity (Wildman–Crippen MR) is 150 cm³/mol. The van der Waals surface area contributed by atoms with E-state index in [0.717, 1.165) is 46.8 Å². The molecule has 2 aromatic carbocycles. The minimum atomic E-state index is -0.496. The second-order valence-corrected chi connectivity index (χ2v) is 11.6. The van der Waals surface area contributed by atoms with Crippen molar-refractivity contribution in [3.05, 3.63) is 36.4 Å². The van der Waals surface area contributed by atoms with Gasteiger partial charge < -0.3 is 20.1 Å². The third-order valence-electron chi connectivity index (χ3n) is 7.95. The van der Waals surface area contributed by atoms with Gasteiger partial charge in [0.2, 0.25) is 5.91 Å². The summed E-state index contributed by atoms with van der Waals surface area (Å²) in [5.74, 6) is 0.658. The third kappa shape index (κ3) is 4.70. The molecule has 2 aliphatic heterocycles. The number of nitrogens with zero attached hydrogens (tertiary/aromatic N) is 4. The minimum absolute atomic E-state index is 0.0366. The van der Waals surface area contributed by atoms with Crippen molar-refractivity contribution < 1.29 is 4.79 Å².